The van der Waals surface area contributed by atoms with Gasteiger partial charge in [0.1, 0.15) is 10.1 Å². The van der Waals surface area contributed by atoms with Crippen LogP contribution in [0.5, 0.6) is 0 Å². The van der Waals surface area contributed by atoms with Gasteiger partial charge >= 0.3 is 5.97 Å². The Kier molecular flexibility index (Phi) is 6.52. The fourth-order valence-electron chi connectivity index (χ4n) is 3.26. The molecule has 0 bridgehead atoms. The SMILES string of the molecule is Cc1cnc(-c2cccc(C=C3SC(=S)N(CCc4ccc(C(=O)O)cc4)C3=O)c2)nc1N. The average molecular weight is 477 g/mol. The fourth-order valence-corrected chi connectivity index (χ4v) is 4.57. The molecule has 7 nitrogen and oxygen atoms in total. The highest BCUT2D eigenvalue weighted by atomic mass is 32.2. The van der Waals surface area contributed by atoms with E-state index in [0.717, 1.165) is 22.3 Å². The summed E-state index contributed by atoms with van der Waals surface area (Å²) in [5, 5.41) is 9.01. The zero-order chi connectivity index (χ0) is 23.5. The summed E-state index contributed by atoms with van der Waals surface area (Å²) in [7, 11) is 0. The predicted molar refractivity (Wildman–Crippen MR) is 134 cm³/mol. The minimum Gasteiger partial charge on any atom is -0.478 e. The Labute approximate surface area is 200 Å². The van der Waals surface area contributed by atoms with Gasteiger partial charge in [0.25, 0.3) is 5.91 Å². The van der Waals surface area contributed by atoms with Crippen molar-refractivity contribution in [2.75, 3.05) is 12.3 Å². The Bertz CT molecular complexity index is 1290. The number of carboxylic acid groups (broad SMARTS) is 1. The van der Waals surface area contributed by atoms with Crippen LogP contribution < -0.4 is 5.73 Å². The van der Waals surface area contributed by atoms with Gasteiger partial charge in [0, 0.05) is 23.9 Å². The molecule has 3 N–H and O–H groups in total. The number of hydrogen-bond acceptors (Lipinski definition) is 7. The summed E-state index contributed by atoms with van der Waals surface area (Å²) in [6.07, 6.45) is 4.06. The number of aromatic carboxylic acids is 1. The summed E-state index contributed by atoms with van der Waals surface area (Å²) in [5.74, 6) is -0.155. The van der Waals surface area contributed by atoms with E-state index in [1.807, 2.05) is 37.3 Å². The van der Waals surface area contributed by atoms with Crippen LogP contribution in [0.15, 0.2) is 59.6 Å². The van der Waals surface area contributed by atoms with Crippen molar-refractivity contribution in [2.45, 2.75) is 13.3 Å². The van der Waals surface area contributed by atoms with Crippen molar-refractivity contribution in [3.05, 3.63) is 81.9 Å². The number of nitrogen functional groups attached to an aromatic ring is 1. The second-order valence-corrected chi connectivity index (χ2v) is 9.15. The number of benzene rings is 2. The maximum atomic E-state index is 13.0. The third-order valence-electron chi connectivity index (χ3n) is 5.15. The number of thioether (sulfide) groups is 1. The molecule has 2 heterocycles. The number of nitrogens with zero attached hydrogens (tertiary/aromatic N) is 3. The first-order valence-electron chi connectivity index (χ1n) is 10.1. The van der Waals surface area contributed by atoms with Gasteiger partial charge in [-0.1, -0.05) is 54.3 Å². The van der Waals surface area contributed by atoms with Gasteiger partial charge in [-0.3, -0.25) is 9.69 Å². The number of rotatable bonds is 6. The molecule has 0 unspecified atom stereocenters. The molecular weight excluding hydrogens is 456 g/mol. The number of carbonyl (C=O) groups is 2. The lowest BCUT2D eigenvalue weighted by molar-refractivity contribution is -0.122. The Hall–Kier alpha value is -3.56. The second kappa shape index (κ2) is 9.51. The van der Waals surface area contributed by atoms with Crippen LogP contribution in [0.25, 0.3) is 17.5 Å². The maximum Gasteiger partial charge on any atom is 0.335 e. The Morgan fingerprint density at radius 1 is 1.24 bits per heavy atom. The molecule has 33 heavy (non-hydrogen) atoms. The molecule has 1 saturated heterocycles. The van der Waals surface area contributed by atoms with E-state index >= 15 is 0 Å². The van der Waals surface area contributed by atoms with Crippen molar-refractivity contribution in [1.29, 1.82) is 0 Å². The number of hydrogen-bond donors (Lipinski definition) is 2. The van der Waals surface area contributed by atoms with Crippen LogP contribution in [0.2, 0.25) is 0 Å². The molecule has 0 atom stereocenters. The minimum absolute atomic E-state index is 0.145. The number of carboxylic acids is 1. The fraction of sp³-hybridized carbons (Fsp3) is 0.125. The molecule has 9 heteroatoms. The topological polar surface area (TPSA) is 109 Å². The lowest BCUT2D eigenvalue weighted by Gasteiger charge is -2.14. The molecule has 1 fully saturated rings. The molecule has 1 amide bonds. The van der Waals surface area contributed by atoms with Gasteiger partial charge in [0.05, 0.1) is 10.5 Å². The molecule has 0 radical (unpaired) electrons. The first kappa shape index (κ1) is 22.6. The lowest BCUT2D eigenvalue weighted by Crippen LogP contribution is -2.30. The summed E-state index contributed by atoms with van der Waals surface area (Å²) in [6.45, 7) is 2.27. The van der Waals surface area contributed by atoms with Gasteiger partial charge in [0.2, 0.25) is 0 Å². The number of carbonyl (C=O) groups excluding carboxylic acids is 1. The second-order valence-electron chi connectivity index (χ2n) is 7.47. The first-order chi connectivity index (χ1) is 15.8. The minimum atomic E-state index is -0.967. The van der Waals surface area contributed by atoms with Gasteiger partial charge in [-0.05, 0) is 48.7 Å². The highest BCUT2D eigenvalue weighted by molar-refractivity contribution is 8.26. The Balaban J connectivity index is 1.48. The summed E-state index contributed by atoms with van der Waals surface area (Å²) >= 11 is 6.69. The monoisotopic (exact) mass is 476 g/mol. The van der Waals surface area contributed by atoms with E-state index in [4.69, 9.17) is 23.1 Å². The Morgan fingerprint density at radius 2 is 2.00 bits per heavy atom. The maximum absolute atomic E-state index is 13.0. The van der Waals surface area contributed by atoms with Crippen LogP contribution in [-0.4, -0.2) is 42.7 Å². The van der Waals surface area contributed by atoms with Gasteiger partial charge in [0.15, 0.2) is 5.82 Å². The molecular formula is C24H20N4O3S2. The zero-order valence-electron chi connectivity index (χ0n) is 17.7. The summed E-state index contributed by atoms with van der Waals surface area (Å²) in [4.78, 5) is 34.7. The molecule has 0 aliphatic carbocycles. The van der Waals surface area contributed by atoms with Crippen LogP contribution >= 0.6 is 24.0 Å². The number of aryl methyl sites for hydroxylation is 1. The van der Waals surface area contributed by atoms with E-state index in [2.05, 4.69) is 9.97 Å². The smallest absolute Gasteiger partial charge is 0.335 e. The summed E-state index contributed by atoms with van der Waals surface area (Å²) in [5.41, 5.74) is 9.53. The molecule has 3 aromatic rings. The van der Waals surface area contributed by atoms with Crippen molar-refractivity contribution in [2.24, 2.45) is 0 Å². The molecule has 2 aromatic carbocycles. The van der Waals surface area contributed by atoms with Gasteiger partial charge in [-0.15, -0.1) is 0 Å². The van der Waals surface area contributed by atoms with Crippen LogP contribution in [0.3, 0.4) is 0 Å². The summed E-state index contributed by atoms with van der Waals surface area (Å²) < 4.78 is 0.499. The quantitative estimate of drug-likeness (QED) is 0.403. The molecule has 1 aliphatic heterocycles. The van der Waals surface area contributed by atoms with Crippen LogP contribution in [-0.2, 0) is 11.2 Å². The van der Waals surface area contributed by atoms with Crippen LogP contribution in [0, 0.1) is 6.92 Å². The lowest BCUT2D eigenvalue weighted by atomic mass is 10.1. The molecule has 1 aliphatic rings. The van der Waals surface area contributed by atoms with Crippen molar-refractivity contribution >= 4 is 52.1 Å². The molecule has 0 spiro atoms. The first-order valence-corrected chi connectivity index (χ1v) is 11.3. The van der Waals surface area contributed by atoms with Gasteiger partial charge in [-0.2, -0.15) is 0 Å². The predicted octanol–water partition coefficient (Wildman–Crippen LogP) is 4.18. The van der Waals surface area contributed by atoms with E-state index in [9.17, 15) is 9.59 Å². The van der Waals surface area contributed by atoms with Crippen LogP contribution in [0.1, 0.15) is 27.0 Å². The zero-order valence-corrected chi connectivity index (χ0v) is 19.3. The van der Waals surface area contributed by atoms with E-state index in [1.54, 1.807) is 35.4 Å². The third kappa shape index (κ3) is 5.10. The summed E-state index contributed by atoms with van der Waals surface area (Å²) in [6, 6.07) is 14.2. The van der Waals surface area contributed by atoms with Crippen molar-refractivity contribution < 1.29 is 14.7 Å². The average Bonchev–Trinajstić information content (AvgIpc) is 3.06. The number of aromatic nitrogens is 2. The number of thiocarbonyl (C=S) groups is 1. The van der Waals surface area contributed by atoms with Gasteiger partial charge in [-0.25, -0.2) is 14.8 Å². The standard InChI is InChI=1S/C24H20N4O3S2/c1-14-13-26-21(27-20(14)25)18-4-2-3-16(11-18)12-19-22(29)28(24(32)33-19)10-9-15-5-7-17(8-6-15)23(30)31/h2-8,11-13H,9-10H2,1H3,(H,30,31)(H2,25,26,27). The molecule has 1 aromatic heterocycles. The molecule has 0 saturated carbocycles. The van der Waals surface area contributed by atoms with Crippen LogP contribution in [0.4, 0.5) is 5.82 Å². The van der Waals surface area contributed by atoms with Crippen molar-refractivity contribution in [1.82, 2.24) is 14.9 Å². The third-order valence-corrected chi connectivity index (χ3v) is 6.53. The molecule has 4 rings (SSSR count). The Morgan fingerprint density at radius 3 is 2.70 bits per heavy atom. The van der Waals surface area contributed by atoms with E-state index < -0.39 is 5.97 Å². The molecule has 166 valence electrons. The van der Waals surface area contributed by atoms with Crippen molar-refractivity contribution in [3.8, 4) is 11.4 Å². The van der Waals surface area contributed by atoms with Crippen molar-refractivity contribution in [3.63, 3.8) is 0 Å². The van der Waals surface area contributed by atoms with E-state index in [1.165, 1.54) is 11.8 Å². The highest BCUT2D eigenvalue weighted by Gasteiger charge is 2.31. The van der Waals surface area contributed by atoms with E-state index in [0.29, 0.717) is 33.8 Å². The number of amides is 1. The highest BCUT2D eigenvalue weighted by Crippen LogP contribution is 2.33. The normalized spacial score (nSPS) is 14.8. The number of nitrogens with two attached hydrogens (primary N) is 1. The largest absolute Gasteiger partial charge is 0.478 e. The number of anilines is 1. The van der Waals surface area contributed by atoms with Gasteiger partial charge < -0.3 is 10.8 Å². The van der Waals surface area contributed by atoms with E-state index in [-0.39, 0.29) is 11.5 Å².